The molecule has 1 aliphatic rings. The molecule has 16 heavy (non-hydrogen) atoms. The second kappa shape index (κ2) is 8.04. The summed E-state index contributed by atoms with van der Waals surface area (Å²) in [6.07, 6.45) is 5.46. The summed E-state index contributed by atoms with van der Waals surface area (Å²) in [6.45, 7) is 9.31. The highest BCUT2D eigenvalue weighted by molar-refractivity contribution is 4.75. The zero-order valence-corrected chi connectivity index (χ0v) is 11.3. The molecule has 2 N–H and O–H groups in total. The summed E-state index contributed by atoms with van der Waals surface area (Å²) in [4.78, 5) is 2.58. The van der Waals surface area contributed by atoms with Gasteiger partial charge in [0.15, 0.2) is 0 Å². The van der Waals surface area contributed by atoms with Crippen LogP contribution in [0.1, 0.15) is 39.5 Å². The Labute approximate surface area is 101 Å². The van der Waals surface area contributed by atoms with Crippen LogP contribution in [-0.4, -0.2) is 50.2 Å². The number of nitrogens with one attached hydrogen (secondary N) is 2. The first-order chi connectivity index (χ1) is 7.74. The Morgan fingerprint density at radius 1 is 1.31 bits per heavy atom. The fourth-order valence-corrected chi connectivity index (χ4v) is 2.38. The average molecular weight is 227 g/mol. The molecule has 1 atom stereocenters. The molecule has 1 unspecified atom stereocenters. The zero-order valence-electron chi connectivity index (χ0n) is 11.3. The SMILES string of the molecule is CNCCN(CCC1CCCCN1)C(C)C. The maximum Gasteiger partial charge on any atom is 0.0109 e. The predicted octanol–water partition coefficient (Wildman–Crippen LogP) is 1.45. The van der Waals surface area contributed by atoms with Crippen LogP contribution in [0.4, 0.5) is 0 Å². The number of rotatable bonds is 7. The van der Waals surface area contributed by atoms with Crippen molar-refractivity contribution in [3.8, 4) is 0 Å². The van der Waals surface area contributed by atoms with Gasteiger partial charge in [0, 0.05) is 25.2 Å². The Bertz CT molecular complexity index is 165. The Morgan fingerprint density at radius 2 is 2.12 bits per heavy atom. The van der Waals surface area contributed by atoms with Crippen LogP contribution in [0.25, 0.3) is 0 Å². The molecule has 0 aromatic heterocycles. The molecule has 0 radical (unpaired) electrons. The molecule has 1 fully saturated rings. The van der Waals surface area contributed by atoms with Crippen molar-refractivity contribution < 1.29 is 0 Å². The first-order valence-electron chi connectivity index (χ1n) is 6.86. The summed E-state index contributed by atoms with van der Waals surface area (Å²) in [5.41, 5.74) is 0. The molecule has 1 heterocycles. The van der Waals surface area contributed by atoms with E-state index >= 15 is 0 Å². The van der Waals surface area contributed by atoms with Crippen LogP contribution in [-0.2, 0) is 0 Å². The molecule has 0 amide bonds. The lowest BCUT2D eigenvalue weighted by Gasteiger charge is -2.30. The zero-order chi connectivity index (χ0) is 11.8. The summed E-state index contributed by atoms with van der Waals surface area (Å²) in [5, 5.41) is 6.86. The van der Waals surface area contributed by atoms with Crippen molar-refractivity contribution in [1.29, 1.82) is 0 Å². The van der Waals surface area contributed by atoms with Gasteiger partial charge >= 0.3 is 0 Å². The van der Waals surface area contributed by atoms with Crippen LogP contribution in [0.5, 0.6) is 0 Å². The number of likely N-dealkylation sites (N-methyl/N-ethyl adjacent to an activating group) is 1. The quantitative estimate of drug-likeness (QED) is 0.689. The minimum absolute atomic E-state index is 0.664. The first kappa shape index (κ1) is 13.9. The molecule has 0 saturated carbocycles. The van der Waals surface area contributed by atoms with Gasteiger partial charge < -0.3 is 10.6 Å². The van der Waals surface area contributed by atoms with Crippen LogP contribution < -0.4 is 10.6 Å². The minimum atomic E-state index is 0.664. The van der Waals surface area contributed by atoms with E-state index in [-0.39, 0.29) is 0 Å². The van der Waals surface area contributed by atoms with Crippen LogP contribution in [0.2, 0.25) is 0 Å². The lowest BCUT2D eigenvalue weighted by molar-refractivity contribution is 0.205. The molecule has 0 aliphatic carbocycles. The number of hydrogen-bond acceptors (Lipinski definition) is 3. The molecule has 0 spiro atoms. The van der Waals surface area contributed by atoms with Gasteiger partial charge in [0.2, 0.25) is 0 Å². The van der Waals surface area contributed by atoms with Gasteiger partial charge in [-0.15, -0.1) is 0 Å². The van der Waals surface area contributed by atoms with Gasteiger partial charge in [-0.05, 0) is 53.2 Å². The third-order valence-corrected chi connectivity index (χ3v) is 3.56. The van der Waals surface area contributed by atoms with Gasteiger partial charge in [-0.1, -0.05) is 6.42 Å². The van der Waals surface area contributed by atoms with Gasteiger partial charge in [0.05, 0.1) is 0 Å². The Balaban J connectivity index is 2.19. The molecule has 0 aromatic rings. The van der Waals surface area contributed by atoms with Crippen LogP contribution >= 0.6 is 0 Å². The van der Waals surface area contributed by atoms with Crippen LogP contribution in [0.15, 0.2) is 0 Å². The summed E-state index contributed by atoms with van der Waals surface area (Å²) in [5.74, 6) is 0. The van der Waals surface area contributed by atoms with E-state index in [2.05, 4.69) is 29.4 Å². The molecular weight excluding hydrogens is 198 g/mol. The Kier molecular flexibility index (Phi) is 7.01. The number of nitrogens with zero attached hydrogens (tertiary/aromatic N) is 1. The van der Waals surface area contributed by atoms with Crippen molar-refractivity contribution in [3.05, 3.63) is 0 Å². The Morgan fingerprint density at radius 3 is 2.69 bits per heavy atom. The second-order valence-electron chi connectivity index (χ2n) is 5.17. The highest BCUT2D eigenvalue weighted by Gasteiger charge is 2.15. The predicted molar refractivity (Wildman–Crippen MR) is 70.9 cm³/mol. The molecule has 0 bridgehead atoms. The third-order valence-electron chi connectivity index (χ3n) is 3.56. The Hall–Kier alpha value is -0.120. The molecule has 1 saturated heterocycles. The summed E-state index contributed by atoms with van der Waals surface area (Å²) in [7, 11) is 2.03. The van der Waals surface area contributed by atoms with E-state index in [1.165, 1.54) is 45.3 Å². The fourth-order valence-electron chi connectivity index (χ4n) is 2.38. The third kappa shape index (κ3) is 5.28. The lowest BCUT2D eigenvalue weighted by atomic mass is 10.0. The summed E-state index contributed by atoms with van der Waals surface area (Å²) < 4.78 is 0. The molecular formula is C13H29N3. The van der Waals surface area contributed by atoms with Crippen molar-refractivity contribution in [2.45, 2.75) is 51.6 Å². The second-order valence-corrected chi connectivity index (χ2v) is 5.17. The highest BCUT2D eigenvalue weighted by atomic mass is 15.2. The first-order valence-corrected chi connectivity index (χ1v) is 6.86. The van der Waals surface area contributed by atoms with E-state index in [9.17, 15) is 0 Å². The van der Waals surface area contributed by atoms with E-state index in [0.717, 1.165) is 12.6 Å². The van der Waals surface area contributed by atoms with Gasteiger partial charge in [-0.25, -0.2) is 0 Å². The van der Waals surface area contributed by atoms with E-state index in [1.807, 2.05) is 7.05 Å². The number of hydrogen-bond donors (Lipinski definition) is 2. The molecule has 1 aliphatic heterocycles. The normalized spacial score (nSPS) is 21.9. The summed E-state index contributed by atoms with van der Waals surface area (Å²) in [6, 6.07) is 1.43. The van der Waals surface area contributed by atoms with Crippen molar-refractivity contribution in [1.82, 2.24) is 15.5 Å². The van der Waals surface area contributed by atoms with Gasteiger partial charge in [0.25, 0.3) is 0 Å². The molecule has 96 valence electrons. The summed E-state index contributed by atoms with van der Waals surface area (Å²) >= 11 is 0. The highest BCUT2D eigenvalue weighted by Crippen LogP contribution is 2.11. The monoisotopic (exact) mass is 227 g/mol. The topological polar surface area (TPSA) is 27.3 Å². The van der Waals surface area contributed by atoms with Crippen molar-refractivity contribution in [3.63, 3.8) is 0 Å². The molecule has 1 rings (SSSR count). The molecule has 3 nitrogen and oxygen atoms in total. The lowest BCUT2D eigenvalue weighted by Crippen LogP contribution is -2.41. The largest absolute Gasteiger partial charge is 0.318 e. The van der Waals surface area contributed by atoms with Gasteiger partial charge in [-0.3, -0.25) is 4.90 Å². The van der Waals surface area contributed by atoms with Crippen LogP contribution in [0.3, 0.4) is 0 Å². The standard InChI is InChI=1S/C13H29N3/c1-12(2)16(11-9-14-3)10-7-13-6-4-5-8-15-13/h12-15H,4-11H2,1-3H3. The van der Waals surface area contributed by atoms with Crippen molar-refractivity contribution in [2.75, 3.05) is 33.2 Å². The molecule has 3 heteroatoms. The van der Waals surface area contributed by atoms with Gasteiger partial charge in [-0.2, -0.15) is 0 Å². The molecule has 0 aromatic carbocycles. The fraction of sp³-hybridized carbons (Fsp3) is 1.00. The van der Waals surface area contributed by atoms with Crippen molar-refractivity contribution in [2.24, 2.45) is 0 Å². The van der Waals surface area contributed by atoms with E-state index in [0.29, 0.717) is 6.04 Å². The maximum atomic E-state index is 3.63. The van der Waals surface area contributed by atoms with E-state index in [4.69, 9.17) is 0 Å². The number of piperidine rings is 1. The smallest absolute Gasteiger partial charge is 0.0109 e. The van der Waals surface area contributed by atoms with Crippen molar-refractivity contribution >= 4 is 0 Å². The minimum Gasteiger partial charge on any atom is -0.318 e. The van der Waals surface area contributed by atoms with E-state index in [1.54, 1.807) is 0 Å². The average Bonchev–Trinajstić information content (AvgIpc) is 2.30. The maximum absolute atomic E-state index is 3.63. The van der Waals surface area contributed by atoms with E-state index < -0.39 is 0 Å². The van der Waals surface area contributed by atoms with Gasteiger partial charge in [0.1, 0.15) is 0 Å². The van der Waals surface area contributed by atoms with Crippen LogP contribution in [0, 0.1) is 0 Å².